The molecule has 9 nitrogen and oxygen atoms in total. The Labute approximate surface area is 165 Å². The number of nitrogens with zero attached hydrogens (tertiary/aromatic N) is 3. The van der Waals surface area contributed by atoms with Crippen LogP contribution in [0.2, 0.25) is 0 Å². The van der Waals surface area contributed by atoms with Crippen LogP contribution in [0.15, 0.2) is 0 Å². The summed E-state index contributed by atoms with van der Waals surface area (Å²) in [5.74, 6) is 2.12. The van der Waals surface area contributed by atoms with E-state index in [0.29, 0.717) is 24.2 Å². The SMILES string of the molecule is CC(=O)OCC[C@@H](C)OC(=O)[C@@H]1C[C@H]2C[C@@H](CCc3nn[nH]n3)CC[C@H]2CN1. The smallest absolute Gasteiger partial charge is 0.323 e. The van der Waals surface area contributed by atoms with E-state index in [0.717, 1.165) is 38.1 Å². The van der Waals surface area contributed by atoms with Crippen molar-refractivity contribution in [1.82, 2.24) is 25.9 Å². The lowest BCUT2D eigenvalue weighted by molar-refractivity contribution is -0.154. The van der Waals surface area contributed by atoms with Crippen molar-refractivity contribution >= 4 is 11.9 Å². The average Bonchev–Trinajstić information content (AvgIpc) is 3.19. The largest absolute Gasteiger partial charge is 0.466 e. The Morgan fingerprint density at radius 1 is 1.25 bits per heavy atom. The molecule has 5 atom stereocenters. The first-order chi connectivity index (χ1) is 13.5. The topological polar surface area (TPSA) is 119 Å². The maximum absolute atomic E-state index is 12.5. The van der Waals surface area contributed by atoms with Crippen LogP contribution in [0, 0.1) is 17.8 Å². The third-order valence-corrected chi connectivity index (χ3v) is 6.01. The summed E-state index contributed by atoms with van der Waals surface area (Å²) in [6.45, 7) is 4.36. The Morgan fingerprint density at radius 3 is 2.86 bits per heavy atom. The standard InChI is InChI=1S/C19H31N5O4/c1-12(7-8-27-13(2)25)28-19(26)17-10-16-9-14(3-5-15(16)11-20-17)4-6-18-21-23-24-22-18/h12,14-17,20H,3-11H2,1-2H3,(H,21,22,23,24)/t12-,14-,15+,16-,17+/m1/s1. The van der Waals surface area contributed by atoms with Gasteiger partial charge < -0.3 is 14.8 Å². The minimum Gasteiger partial charge on any atom is -0.466 e. The number of hydrogen-bond donors (Lipinski definition) is 2. The quantitative estimate of drug-likeness (QED) is 0.636. The molecule has 0 amide bonds. The Hall–Kier alpha value is -2.03. The number of esters is 2. The number of carbonyl (C=O) groups excluding carboxylic acids is 2. The number of H-pyrrole nitrogens is 1. The zero-order chi connectivity index (χ0) is 19.9. The van der Waals surface area contributed by atoms with Gasteiger partial charge >= 0.3 is 11.9 Å². The first kappa shape index (κ1) is 20.7. The minimum atomic E-state index is -0.315. The van der Waals surface area contributed by atoms with E-state index in [1.807, 2.05) is 6.92 Å². The highest BCUT2D eigenvalue weighted by Crippen LogP contribution is 2.40. The lowest BCUT2D eigenvalue weighted by atomic mass is 9.69. The van der Waals surface area contributed by atoms with Gasteiger partial charge in [-0.1, -0.05) is 11.6 Å². The molecule has 2 aliphatic rings. The van der Waals surface area contributed by atoms with Gasteiger partial charge in [0.2, 0.25) is 0 Å². The van der Waals surface area contributed by atoms with Crippen LogP contribution in [0.25, 0.3) is 0 Å². The number of aromatic nitrogens is 4. The molecule has 0 radical (unpaired) electrons. The second-order valence-corrected chi connectivity index (χ2v) is 8.14. The number of nitrogens with one attached hydrogen (secondary N) is 2. The van der Waals surface area contributed by atoms with Crippen LogP contribution >= 0.6 is 0 Å². The Kier molecular flexibility index (Phi) is 7.36. The maximum Gasteiger partial charge on any atom is 0.323 e. The fraction of sp³-hybridized carbons (Fsp3) is 0.842. The van der Waals surface area contributed by atoms with Gasteiger partial charge in [0.15, 0.2) is 5.82 Å². The molecular weight excluding hydrogens is 362 g/mol. The second-order valence-electron chi connectivity index (χ2n) is 8.14. The molecule has 1 aromatic heterocycles. The number of rotatable bonds is 8. The molecule has 2 heterocycles. The van der Waals surface area contributed by atoms with Crippen LogP contribution in [-0.2, 0) is 25.5 Å². The van der Waals surface area contributed by atoms with Crippen molar-refractivity contribution in [2.75, 3.05) is 13.2 Å². The molecule has 3 rings (SSSR count). The molecule has 0 bridgehead atoms. The summed E-state index contributed by atoms with van der Waals surface area (Å²) >= 11 is 0. The van der Waals surface area contributed by atoms with Crippen molar-refractivity contribution in [1.29, 1.82) is 0 Å². The number of carbonyl (C=O) groups is 2. The highest BCUT2D eigenvalue weighted by atomic mass is 16.6. The number of aromatic amines is 1. The number of piperidine rings is 1. The summed E-state index contributed by atoms with van der Waals surface area (Å²) in [4.78, 5) is 23.3. The van der Waals surface area contributed by atoms with Crippen molar-refractivity contribution in [3.63, 3.8) is 0 Å². The van der Waals surface area contributed by atoms with E-state index >= 15 is 0 Å². The van der Waals surface area contributed by atoms with Gasteiger partial charge in [-0.2, -0.15) is 5.21 Å². The lowest BCUT2D eigenvalue weighted by Crippen LogP contribution is -2.50. The molecule has 2 fully saturated rings. The van der Waals surface area contributed by atoms with E-state index < -0.39 is 0 Å². The van der Waals surface area contributed by atoms with Crippen LogP contribution in [0.5, 0.6) is 0 Å². The van der Waals surface area contributed by atoms with E-state index in [1.54, 1.807) is 0 Å². The van der Waals surface area contributed by atoms with Crippen molar-refractivity contribution in [2.45, 2.75) is 70.9 Å². The highest BCUT2D eigenvalue weighted by Gasteiger charge is 2.38. The summed E-state index contributed by atoms with van der Waals surface area (Å²) in [6.07, 6.45) is 6.58. The number of hydrogen-bond acceptors (Lipinski definition) is 8. The molecule has 1 aromatic rings. The van der Waals surface area contributed by atoms with Gasteiger partial charge in [-0.3, -0.25) is 9.59 Å². The van der Waals surface area contributed by atoms with E-state index in [-0.39, 0.29) is 30.7 Å². The van der Waals surface area contributed by atoms with Gasteiger partial charge in [-0.05, 0) is 56.9 Å². The first-order valence-corrected chi connectivity index (χ1v) is 10.3. The van der Waals surface area contributed by atoms with Gasteiger partial charge in [0.1, 0.15) is 12.1 Å². The molecular formula is C19H31N5O4. The minimum absolute atomic E-state index is 0.192. The summed E-state index contributed by atoms with van der Waals surface area (Å²) < 4.78 is 10.5. The Balaban J connectivity index is 1.42. The summed E-state index contributed by atoms with van der Waals surface area (Å²) in [7, 11) is 0. The van der Waals surface area contributed by atoms with Crippen molar-refractivity contribution in [3.05, 3.63) is 5.82 Å². The predicted octanol–water partition coefficient (Wildman–Crippen LogP) is 1.41. The molecule has 1 saturated carbocycles. The third-order valence-electron chi connectivity index (χ3n) is 6.01. The van der Waals surface area contributed by atoms with Gasteiger partial charge in [0, 0.05) is 19.8 Å². The average molecular weight is 393 g/mol. The van der Waals surface area contributed by atoms with Gasteiger partial charge in [-0.15, -0.1) is 10.2 Å². The molecule has 9 heteroatoms. The van der Waals surface area contributed by atoms with E-state index in [9.17, 15) is 9.59 Å². The predicted molar refractivity (Wildman–Crippen MR) is 100 cm³/mol. The normalized spacial score (nSPS) is 28.2. The fourth-order valence-corrected chi connectivity index (χ4v) is 4.43. The molecule has 28 heavy (non-hydrogen) atoms. The summed E-state index contributed by atoms with van der Waals surface area (Å²) in [5.41, 5.74) is 0. The summed E-state index contributed by atoms with van der Waals surface area (Å²) in [6, 6.07) is -0.242. The fourth-order valence-electron chi connectivity index (χ4n) is 4.43. The highest BCUT2D eigenvalue weighted by molar-refractivity contribution is 5.76. The number of tetrazole rings is 1. The van der Waals surface area contributed by atoms with Gasteiger partial charge in [0.25, 0.3) is 0 Å². The van der Waals surface area contributed by atoms with E-state index in [1.165, 1.54) is 19.8 Å². The molecule has 156 valence electrons. The molecule has 2 N–H and O–H groups in total. The number of ether oxygens (including phenoxy) is 2. The Morgan fingerprint density at radius 2 is 2.11 bits per heavy atom. The van der Waals surface area contributed by atoms with Crippen LogP contribution in [0.4, 0.5) is 0 Å². The van der Waals surface area contributed by atoms with E-state index in [2.05, 4.69) is 25.9 Å². The number of fused-ring (bicyclic) bond motifs is 1. The third kappa shape index (κ3) is 5.98. The van der Waals surface area contributed by atoms with Crippen molar-refractivity contribution in [3.8, 4) is 0 Å². The van der Waals surface area contributed by atoms with Crippen LogP contribution in [0.3, 0.4) is 0 Å². The maximum atomic E-state index is 12.5. The van der Waals surface area contributed by atoms with Crippen LogP contribution < -0.4 is 5.32 Å². The molecule has 0 aromatic carbocycles. The van der Waals surface area contributed by atoms with Crippen molar-refractivity contribution in [2.24, 2.45) is 17.8 Å². The van der Waals surface area contributed by atoms with Gasteiger partial charge in [-0.25, -0.2) is 0 Å². The summed E-state index contributed by atoms with van der Waals surface area (Å²) in [5, 5.41) is 17.5. The zero-order valence-electron chi connectivity index (χ0n) is 16.7. The molecule has 1 saturated heterocycles. The first-order valence-electron chi connectivity index (χ1n) is 10.3. The molecule has 1 aliphatic heterocycles. The van der Waals surface area contributed by atoms with Crippen molar-refractivity contribution < 1.29 is 19.1 Å². The molecule has 1 aliphatic carbocycles. The monoisotopic (exact) mass is 393 g/mol. The van der Waals surface area contributed by atoms with Gasteiger partial charge in [0.05, 0.1) is 6.61 Å². The molecule has 0 spiro atoms. The zero-order valence-corrected chi connectivity index (χ0v) is 16.7. The second kappa shape index (κ2) is 9.95. The van der Waals surface area contributed by atoms with Crippen LogP contribution in [-0.4, -0.2) is 57.9 Å². The van der Waals surface area contributed by atoms with E-state index in [4.69, 9.17) is 9.47 Å². The lowest BCUT2D eigenvalue weighted by Gasteiger charge is -2.42. The number of aryl methyl sites for hydroxylation is 1. The Bertz CT molecular complexity index is 638. The van der Waals surface area contributed by atoms with Crippen LogP contribution in [0.1, 0.15) is 58.2 Å². The molecule has 0 unspecified atom stereocenters.